The molecule has 0 saturated heterocycles. The van der Waals surface area contributed by atoms with Crippen LogP contribution in [0.25, 0.3) is 11.1 Å². The molecule has 3 aromatic carbocycles. The van der Waals surface area contributed by atoms with Crippen LogP contribution in [-0.2, 0) is 0 Å². The monoisotopic (exact) mass is 366 g/mol. The minimum atomic E-state index is 0.696. The van der Waals surface area contributed by atoms with Crippen molar-refractivity contribution >= 4 is 27.5 Å². The van der Waals surface area contributed by atoms with Crippen molar-refractivity contribution in [1.82, 2.24) is 0 Å². The third-order valence-electron chi connectivity index (χ3n) is 3.27. The molecule has 0 aliphatic rings. The lowest BCUT2D eigenvalue weighted by Crippen LogP contribution is -1.84. The van der Waals surface area contributed by atoms with E-state index in [1.807, 2.05) is 54.6 Å². The van der Waals surface area contributed by atoms with Gasteiger partial charge in [-0.2, -0.15) is 0 Å². The molecular weight excluding hydrogens is 356 g/mol. The van der Waals surface area contributed by atoms with Crippen molar-refractivity contribution < 1.29 is 0 Å². The fourth-order valence-corrected chi connectivity index (χ4v) is 2.97. The first-order valence-corrected chi connectivity index (χ1v) is 8.02. The SMILES string of the molecule is Clc1ccc(C#Cc2ccccc2-c2ccccc2)c(Br)c1. The molecule has 0 heterocycles. The van der Waals surface area contributed by atoms with E-state index < -0.39 is 0 Å². The summed E-state index contributed by atoms with van der Waals surface area (Å²) in [4.78, 5) is 0. The first-order chi connectivity index (χ1) is 10.7. The van der Waals surface area contributed by atoms with Gasteiger partial charge in [-0.05, 0) is 51.3 Å². The Morgan fingerprint density at radius 1 is 0.727 bits per heavy atom. The minimum Gasteiger partial charge on any atom is -0.0843 e. The van der Waals surface area contributed by atoms with Crippen LogP contribution in [0.3, 0.4) is 0 Å². The topological polar surface area (TPSA) is 0 Å². The Morgan fingerprint density at radius 3 is 2.18 bits per heavy atom. The quantitative estimate of drug-likeness (QED) is 0.451. The molecule has 0 N–H and O–H groups in total. The molecule has 0 aliphatic carbocycles. The summed E-state index contributed by atoms with van der Waals surface area (Å²) in [5.41, 5.74) is 4.24. The Morgan fingerprint density at radius 2 is 1.41 bits per heavy atom. The second kappa shape index (κ2) is 6.83. The predicted molar refractivity (Wildman–Crippen MR) is 97.0 cm³/mol. The van der Waals surface area contributed by atoms with Crippen molar-refractivity contribution in [3.05, 3.63) is 93.4 Å². The summed E-state index contributed by atoms with van der Waals surface area (Å²) in [5.74, 6) is 6.48. The van der Waals surface area contributed by atoms with Gasteiger partial charge in [-0.15, -0.1) is 0 Å². The van der Waals surface area contributed by atoms with E-state index in [2.05, 4.69) is 46.0 Å². The molecule has 0 bridgehead atoms. The van der Waals surface area contributed by atoms with E-state index >= 15 is 0 Å². The molecule has 0 spiro atoms. The Hall–Kier alpha value is -2.01. The molecule has 0 aliphatic heterocycles. The number of benzene rings is 3. The van der Waals surface area contributed by atoms with Gasteiger partial charge in [0.05, 0.1) is 0 Å². The van der Waals surface area contributed by atoms with Gasteiger partial charge >= 0.3 is 0 Å². The second-order valence-corrected chi connectivity index (χ2v) is 6.08. The maximum Gasteiger partial charge on any atom is 0.0418 e. The van der Waals surface area contributed by atoms with Gasteiger partial charge in [0.1, 0.15) is 0 Å². The molecule has 22 heavy (non-hydrogen) atoms. The normalized spacial score (nSPS) is 9.91. The van der Waals surface area contributed by atoms with Crippen LogP contribution in [0.15, 0.2) is 77.3 Å². The van der Waals surface area contributed by atoms with Gasteiger partial charge in [0, 0.05) is 20.6 Å². The fourth-order valence-electron chi connectivity index (χ4n) is 2.19. The summed E-state index contributed by atoms with van der Waals surface area (Å²) in [6.07, 6.45) is 0. The summed E-state index contributed by atoms with van der Waals surface area (Å²) in [6.45, 7) is 0. The Bertz CT molecular complexity index is 858. The van der Waals surface area contributed by atoms with Gasteiger partial charge in [0.25, 0.3) is 0 Å². The third kappa shape index (κ3) is 3.42. The van der Waals surface area contributed by atoms with Gasteiger partial charge in [-0.25, -0.2) is 0 Å². The standard InChI is InChI=1S/C20H12BrCl/c21-20-14-18(22)13-12-17(20)11-10-16-8-4-5-9-19(16)15-6-2-1-3-7-15/h1-9,12-14H. The van der Waals surface area contributed by atoms with Crippen LogP contribution in [0.4, 0.5) is 0 Å². The first kappa shape index (κ1) is 14.9. The molecule has 0 aromatic heterocycles. The Balaban J connectivity index is 2.03. The lowest BCUT2D eigenvalue weighted by molar-refractivity contribution is 1.57. The number of hydrogen-bond donors (Lipinski definition) is 0. The number of hydrogen-bond acceptors (Lipinski definition) is 0. The lowest BCUT2D eigenvalue weighted by atomic mass is 10.00. The first-order valence-electron chi connectivity index (χ1n) is 6.85. The zero-order valence-corrected chi connectivity index (χ0v) is 14.0. The number of rotatable bonds is 1. The molecule has 0 atom stereocenters. The van der Waals surface area contributed by atoms with E-state index in [1.54, 1.807) is 0 Å². The van der Waals surface area contributed by atoms with Crippen molar-refractivity contribution in [3.8, 4) is 23.0 Å². The molecule has 0 fully saturated rings. The highest BCUT2D eigenvalue weighted by molar-refractivity contribution is 9.10. The predicted octanol–water partition coefficient (Wildman–Crippen LogP) is 6.17. The van der Waals surface area contributed by atoms with Crippen molar-refractivity contribution in [1.29, 1.82) is 0 Å². The highest BCUT2D eigenvalue weighted by Gasteiger charge is 2.02. The van der Waals surface area contributed by atoms with E-state index in [0.29, 0.717) is 5.02 Å². The van der Waals surface area contributed by atoms with E-state index in [0.717, 1.165) is 21.2 Å². The van der Waals surface area contributed by atoms with Crippen LogP contribution in [0.2, 0.25) is 5.02 Å². The third-order valence-corrected chi connectivity index (χ3v) is 4.17. The van der Waals surface area contributed by atoms with Crippen LogP contribution in [-0.4, -0.2) is 0 Å². The van der Waals surface area contributed by atoms with Crippen LogP contribution in [0, 0.1) is 11.8 Å². The van der Waals surface area contributed by atoms with Gasteiger partial charge in [0.2, 0.25) is 0 Å². The Labute approximate surface area is 143 Å². The molecule has 0 nitrogen and oxygen atoms in total. The smallest absolute Gasteiger partial charge is 0.0418 e. The number of halogens is 2. The largest absolute Gasteiger partial charge is 0.0843 e. The summed E-state index contributed by atoms with van der Waals surface area (Å²) < 4.78 is 0.907. The van der Waals surface area contributed by atoms with Crippen LogP contribution in [0.1, 0.15) is 11.1 Å². The van der Waals surface area contributed by atoms with E-state index in [4.69, 9.17) is 11.6 Å². The molecule has 0 saturated carbocycles. The molecule has 3 aromatic rings. The average Bonchev–Trinajstić information content (AvgIpc) is 2.55. The molecular formula is C20H12BrCl. The van der Waals surface area contributed by atoms with E-state index in [1.165, 1.54) is 5.56 Å². The average molecular weight is 368 g/mol. The summed E-state index contributed by atoms with van der Waals surface area (Å²) in [7, 11) is 0. The van der Waals surface area contributed by atoms with Gasteiger partial charge < -0.3 is 0 Å². The zero-order valence-electron chi connectivity index (χ0n) is 11.7. The molecule has 0 radical (unpaired) electrons. The van der Waals surface area contributed by atoms with Crippen molar-refractivity contribution in [3.63, 3.8) is 0 Å². The van der Waals surface area contributed by atoms with Gasteiger partial charge in [-0.3, -0.25) is 0 Å². The highest BCUT2D eigenvalue weighted by atomic mass is 79.9. The molecule has 0 unspecified atom stereocenters. The van der Waals surface area contributed by atoms with Crippen molar-refractivity contribution in [2.45, 2.75) is 0 Å². The maximum absolute atomic E-state index is 5.96. The van der Waals surface area contributed by atoms with Crippen LogP contribution in [0.5, 0.6) is 0 Å². The van der Waals surface area contributed by atoms with Crippen LogP contribution < -0.4 is 0 Å². The molecule has 3 rings (SSSR count). The zero-order chi connectivity index (χ0) is 15.4. The van der Waals surface area contributed by atoms with Gasteiger partial charge in [0.15, 0.2) is 0 Å². The van der Waals surface area contributed by atoms with Crippen molar-refractivity contribution in [2.24, 2.45) is 0 Å². The molecule has 106 valence electrons. The summed E-state index contributed by atoms with van der Waals surface area (Å²) in [6, 6.07) is 24.1. The molecule has 0 amide bonds. The molecule has 2 heteroatoms. The Kier molecular flexibility index (Phi) is 4.63. The van der Waals surface area contributed by atoms with Crippen molar-refractivity contribution in [2.75, 3.05) is 0 Å². The van der Waals surface area contributed by atoms with E-state index in [9.17, 15) is 0 Å². The minimum absolute atomic E-state index is 0.696. The van der Waals surface area contributed by atoms with E-state index in [-0.39, 0.29) is 0 Å². The second-order valence-electron chi connectivity index (χ2n) is 4.79. The summed E-state index contributed by atoms with van der Waals surface area (Å²) >= 11 is 9.46. The summed E-state index contributed by atoms with van der Waals surface area (Å²) in [5, 5.41) is 0.696. The fraction of sp³-hybridized carbons (Fsp3) is 0. The lowest BCUT2D eigenvalue weighted by Gasteiger charge is -2.04. The van der Waals surface area contributed by atoms with Gasteiger partial charge in [-0.1, -0.05) is 72.0 Å². The highest BCUT2D eigenvalue weighted by Crippen LogP contribution is 2.24. The maximum atomic E-state index is 5.96. The van der Waals surface area contributed by atoms with Crippen LogP contribution >= 0.6 is 27.5 Å².